The Hall–Kier alpha value is -2.09. The van der Waals surface area contributed by atoms with Crippen molar-refractivity contribution < 1.29 is 14.0 Å². The molecule has 2 aromatic heterocycles. The largest absolute Gasteiger partial charge is 0.370 e. The fourth-order valence-electron chi connectivity index (χ4n) is 3.38. The van der Waals surface area contributed by atoms with Crippen molar-refractivity contribution in [3.8, 4) is 0 Å². The maximum atomic E-state index is 14.0. The number of fused-ring (bicyclic) bond motifs is 1. The van der Waals surface area contributed by atoms with E-state index in [0.717, 1.165) is 54.7 Å². The first-order valence-corrected chi connectivity index (χ1v) is 10.1. The Balaban J connectivity index is 1.65. The Kier molecular flexibility index (Phi) is 5.33. The number of aromatic nitrogens is 2. The van der Waals surface area contributed by atoms with Crippen LogP contribution in [-0.2, 0) is 17.8 Å². The SMILES string of the molecule is Cc1sc2nc(C[NH+]3CCOCC3)nc(NCc3ccccc3F)c2c1C. The minimum absolute atomic E-state index is 0.202. The van der Waals surface area contributed by atoms with Gasteiger partial charge in [-0.15, -0.1) is 11.3 Å². The second-order valence-electron chi connectivity index (χ2n) is 6.94. The lowest BCUT2D eigenvalue weighted by Gasteiger charge is -2.23. The number of hydrogen-bond acceptors (Lipinski definition) is 5. The highest BCUT2D eigenvalue weighted by atomic mass is 32.1. The van der Waals surface area contributed by atoms with Crippen LogP contribution in [0.1, 0.15) is 21.8 Å². The third kappa shape index (κ3) is 3.95. The molecule has 142 valence electrons. The highest BCUT2D eigenvalue weighted by molar-refractivity contribution is 7.18. The molecule has 0 saturated carbocycles. The van der Waals surface area contributed by atoms with Gasteiger partial charge in [-0.2, -0.15) is 0 Å². The molecule has 3 heterocycles. The van der Waals surface area contributed by atoms with Crippen LogP contribution in [0.25, 0.3) is 10.2 Å². The summed E-state index contributed by atoms with van der Waals surface area (Å²) in [7, 11) is 0. The number of ether oxygens (including phenoxy) is 1. The fourth-order valence-corrected chi connectivity index (χ4v) is 4.43. The van der Waals surface area contributed by atoms with Crippen LogP contribution in [0.2, 0.25) is 0 Å². The van der Waals surface area contributed by atoms with E-state index in [4.69, 9.17) is 14.7 Å². The van der Waals surface area contributed by atoms with Crippen molar-refractivity contribution in [3.63, 3.8) is 0 Å². The zero-order chi connectivity index (χ0) is 18.8. The molecule has 0 radical (unpaired) electrons. The summed E-state index contributed by atoms with van der Waals surface area (Å²) in [6.07, 6.45) is 0. The average Bonchev–Trinajstić information content (AvgIpc) is 2.96. The summed E-state index contributed by atoms with van der Waals surface area (Å²) >= 11 is 1.69. The van der Waals surface area contributed by atoms with Crippen LogP contribution < -0.4 is 10.2 Å². The molecule has 7 heteroatoms. The van der Waals surface area contributed by atoms with E-state index in [2.05, 4.69) is 19.2 Å². The lowest BCUT2D eigenvalue weighted by molar-refractivity contribution is -0.922. The molecule has 1 saturated heterocycles. The van der Waals surface area contributed by atoms with E-state index < -0.39 is 0 Å². The molecule has 1 aromatic carbocycles. The van der Waals surface area contributed by atoms with Crippen molar-refractivity contribution in [1.29, 1.82) is 0 Å². The van der Waals surface area contributed by atoms with Crippen molar-refractivity contribution in [2.24, 2.45) is 0 Å². The van der Waals surface area contributed by atoms with Crippen LogP contribution in [0.5, 0.6) is 0 Å². The minimum Gasteiger partial charge on any atom is -0.370 e. The standard InChI is InChI=1S/C20H23FN4OS/c1-13-14(2)27-20-18(13)19(22-11-15-5-3-4-6-16(15)21)23-17(24-20)12-25-7-9-26-10-8-25/h3-6H,7-12H2,1-2H3,(H,22,23,24)/p+1. The zero-order valence-corrected chi connectivity index (χ0v) is 16.5. The molecule has 0 amide bonds. The summed E-state index contributed by atoms with van der Waals surface area (Å²) < 4.78 is 19.4. The summed E-state index contributed by atoms with van der Waals surface area (Å²) in [4.78, 5) is 13.3. The molecule has 0 spiro atoms. The van der Waals surface area contributed by atoms with Crippen molar-refractivity contribution in [3.05, 3.63) is 51.9 Å². The van der Waals surface area contributed by atoms with Gasteiger partial charge in [-0.3, -0.25) is 0 Å². The Bertz CT molecular complexity index is 953. The maximum Gasteiger partial charge on any atom is 0.187 e. The first kappa shape index (κ1) is 18.3. The molecule has 3 aromatic rings. The molecule has 2 N–H and O–H groups in total. The van der Waals surface area contributed by atoms with E-state index in [0.29, 0.717) is 12.1 Å². The van der Waals surface area contributed by atoms with Gasteiger partial charge in [0.2, 0.25) is 0 Å². The van der Waals surface area contributed by atoms with Gasteiger partial charge in [0.15, 0.2) is 5.82 Å². The number of morpholine rings is 1. The summed E-state index contributed by atoms with van der Waals surface area (Å²) in [6, 6.07) is 6.84. The monoisotopic (exact) mass is 387 g/mol. The molecule has 5 nitrogen and oxygen atoms in total. The molecular formula is C20H24FN4OS+. The number of hydrogen-bond donors (Lipinski definition) is 2. The van der Waals surface area contributed by atoms with Crippen LogP contribution in [-0.4, -0.2) is 36.3 Å². The number of nitrogens with zero attached hydrogens (tertiary/aromatic N) is 2. The van der Waals surface area contributed by atoms with Gasteiger partial charge >= 0.3 is 0 Å². The van der Waals surface area contributed by atoms with Crippen LogP contribution >= 0.6 is 11.3 Å². The molecule has 27 heavy (non-hydrogen) atoms. The molecule has 0 bridgehead atoms. The van der Waals surface area contributed by atoms with E-state index in [9.17, 15) is 4.39 Å². The Morgan fingerprint density at radius 1 is 1.19 bits per heavy atom. The number of aryl methyl sites for hydroxylation is 2. The molecule has 0 atom stereocenters. The maximum absolute atomic E-state index is 14.0. The van der Waals surface area contributed by atoms with Gasteiger partial charge < -0.3 is 15.0 Å². The second-order valence-corrected chi connectivity index (χ2v) is 8.14. The number of rotatable bonds is 5. The van der Waals surface area contributed by atoms with Gasteiger partial charge in [0.05, 0.1) is 18.6 Å². The first-order valence-electron chi connectivity index (χ1n) is 9.27. The predicted octanol–water partition coefficient (Wildman–Crippen LogP) is 2.47. The Morgan fingerprint density at radius 3 is 2.74 bits per heavy atom. The predicted molar refractivity (Wildman–Crippen MR) is 106 cm³/mol. The van der Waals surface area contributed by atoms with Gasteiger partial charge in [-0.1, -0.05) is 18.2 Å². The van der Waals surface area contributed by atoms with Crippen molar-refractivity contribution in [2.45, 2.75) is 26.9 Å². The molecular weight excluding hydrogens is 363 g/mol. The lowest BCUT2D eigenvalue weighted by atomic mass is 10.2. The van der Waals surface area contributed by atoms with Gasteiger partial charge in [-0.25, -0.2) is 14.4 Å². The van der Waals surface area contributed by atoms with Crippen LogP contribution in [0.4, 0.5) is 10.2 Å². The summed E-state index contributed by atoms with van der Waals surface area (Å²) in [5, 5.41) is 4.41. The van der Waals surface area contributed by atoms with Crippen molar-refractivity contribution in [1.82, 2.24) is 9.97 Å². The highest BCUT2D eigenvalue weighted by Gasteiger charge is 2.19. The summed E-state index contributed by atoms with van der Waals surface area (Å²) in [6.45, 7) is 8.90. The van der Waals surface area contributed by atoms with E-state index in [1.165, 1.54) is 21.4 Å². The normalized spacial score (nSPS) is 15.4. The highest BCUT2D eigenvalue weighted by Crippen LogP contribution is 2.33. The third-order valence-corrected chi connectivity index (χ3v) is 6.19. The van der Waals surface area contributed by atoms with Crippen LogP contribution in [0, 0.1) is 19.7 Å². The molecule has 0 aliphatic carbocycles. The number of halogens is 1. The summed E-state index contributed by atoms with van der Waals surface area (Å²) in [5.74, 6) is 1.43. The van der Waals surface area contributed by atoms with Crippen molar-refractivity contribution >= 4 is 27.4 Å². The van der Waals surface area contributed by atoms with Crippen molar-refractivity contribution in [2.75, 3.05) is 31.6 Å². The number of thiophene rings is 1. The van der Waals surface area contributed by atoms with Crippen LogP contribution in [0.3, 0.4) is 0 Å². The van der Waals surface area contributed by atoms with E-state index in [1.54, 1.807) is 23.5 Å². The molecule has 0 unspecified atom stereocenters. The topological polar surface area (TPSA) is 51.5 Å². The Morgan fingerprint density at radius 2 is 1.96 bits per heavy atom. The molecule has 1 fully saturated rings. The number of nitrogens with one attached hydrogen (secondary N) is 2. The van der Waals surface area contributed by atoms with Gasteiger partial charge in [0, 0.05) is 17.0 Å². The van der Waals surface area contributed by atoms with E-state index >= 15 is 0 Å². The van der Waals surface area contributed by atoms with Gasteiger partial charge in [-0.05, 0) is 25.5 Å². The molecule has 1 aliphatic heterocycles. The minimum atomic E-state index is -0.202. The molecule has 4 rings (SSSR count). The number of anilines is 1. The number of benzene rings is 1. The fraction of sp³-hybridized carbons (Fsp3) is 0.400. The lowest BCUT2D eigenvalue weighted by Crippen LogP contribution is -3.12. The quantitative estimate of drug-likeness (QED) is 0.706. The Labute approximate surface area is 162 Å². The number of quaternary nitrogens is 1. The molecule has 1 aliphatic rings. The van der Waals surface area contributed by atoms with E-state index in [-0.39, 0.29) is 5.82 Å². The smallest absolute Gasteiger partial charge is 0.187 e. The van der Waals surface area contributed by atoms with Crippen LogP contribution in [0.15, 0.2) is 24.3 Å². The van der Waals surface area contributed by atoms with Gasteiger partial charge in [0.25, 0.3) is 0 Å². The summed E-state index contributed by atoms with van der Waals surface area (Å²) in [5.41, 5.74) is 1.82. The third-order valence-electron chi connectivity index (χ3n) is 5.09. The average molecular weight is 388 g/mol. The van der Waals surface area contributed by atoms with E-state index in [1.807, 2.05) is 6.07 Å². The zero-order valence-electron chi connectivity index (χ0n) is 15.6. The second kappa shape index (κ2) is 7.88. The van der Waals surface area contributed by atoms with Gasteiger partial charge in [0.1, 0.15) is 36.1 Å². The first-order chi connectivity index (χ1) is 13.1.